The minimum atomic E-state index is -4.44. The van der Waals surface area contributed by atoms with Gasteiger partial charge < -0.3 is 10.2 Å². The molecule has 1 aromatic heterocycles. The summed E-state index contributed by atoms with van der Waals surface area (Å²) in [5.74, 6) is 0.247. The van der Waals surface area contributed by atoms with E-state index < -0.39 is 27.9 Å². The zero-order chi connectivity index (χ0) is 20.5. The highest BCUT2D eigenvalue weighted by atomic mass is 79.9. The molecule has 2 aromatic rings. The lowest BCUT2D eigenvalue weighted by Gasteiger charge is -2.16. The Hall–Kier alpha value is -2.18. The Morgan fingerprint density at radius 1 is 1.25 bits per heavy atom. The van der Waals surface area contributed by atoms with Crippen LogP contribution in [0.1, 0.15) is 23.7 Å². The van der Waals surface area contributed by atoms with Crippen LogP contribution in [0, 0.1) is 0 Å². The van der Waals surface area contributed by atoms with Crippen molar-refractivity contribution in [1.29, 1.82) is 0 Å². The van der Waals surface area contributed by atoms with Gasteiger partial charge in [-0.05, 0) is 53.3 Å². The van der Waals surface area contributed by atoms with Crippen molar-refractivity contribution in [3.8, 4) is 0 Å². The summed E-state index contributed by atoms with van der Waals surface area (Å²) >= 11 is 3.21. The van der Waals surface area contributed by atoms with Crippen LogP contribution in [-0.4, -0.2) is 25.1 Å². The van der Waals surface area contributed by atoms with Gasteiger partial charge in [-0.15, -0.1) is 0 Å². The van der Waals surface area contributed by atoms with E-state index in [9.17, 15) is 21.6 Å². The normalized spacial score (nSPS) is 17.2. The first-order valence-electron chi connectivity index (χ1n) is 7.86. The summed E-state index contributed by atoms with van der Waals surface area (Å²) in [6.45, 7) is 0. The van der Waals surface area contributed by atoms with Crippen molar-refractivity contribution in [2.45, 2.75) is 23.6 Å². The number of pyridine rings is 1. The summed E-state index contributed by atoms with van der Waals surface area (Å²) in [7, 11) is -2.47. The van der Waals surface area contributed by atoms with Crippen LogP contribution in [-0.2, 0) is 21.0 Å². The molecule has 12 heteroatoms. The highest BCUT2D eigenvalue weighted by Gasteiger charge is 2.30. The van der Waals surface area contributed by atoms with Gasteiger partial charge in [-0.1, -0.05) is 5.16 Å². The Labute approximate surface area is 167 Å². The maximum Gasteiger partial charge on any atom is 0.416 e. The molecule has 3 rings (SSSR count). The molecule has 0 saturated carbocycles. The van der Waals surface area contributed by atoms with Crippen LogP contribution in [0.4, 0.5) is 24.7 Å². The Morgan fingerprint density at radius 2 is 1.93 bits per heavy atom. The van der Waals surface area contributed by atoms with Gasteiger partial charge in [-0.25, -0.2) is 18.1 Å². The fraction of sp³-hybridized carbons (Fsp3) is 0.250. The Balaban J connectivity index is 1.95. The van der Waals surface area contributed by atoms with Crippen molar-refractivity contribution in [2.24, 2.45) is 5.16 Å². The highest BCUT2D eigenvalue weighted by molar-refractivity contribution is 9.18. The van der Waals surface area contributed by atoms with Gasteiger partial charge in [0.25, 0.3) is 0 Å². The molecule has 1 aliphatic rings. The SMILES string of the molecule is CNS(=O)(=O)c1cnc(Nc2ccc(C(F)(F)F)cc2)c([C@@H]2CC(Br)=NO2)c1. The first-order chi connectivity index (χ1) is 13.1. The molecule has 1 atom stereocenters. The van der Waals surface area contributed by atoms with Gasteiger partial charge in [-0.3, -0.25) is 0 Å². The zero-order valence-corrected chi connectivity index (χ0v) is 16.7. The van der Waals surface area contributed by atoms with Gasteiger partial charge in [0.1, 0.15) is 15.3 Å². The van der Waals surface area contributed by atoms with Crippen LogP contribution in [0.25, 0.3) is 0 Å². The summed E-state index contributed by atoms with van der Waals surface area (Å²) in [5.41, 5.74) is -0.0310. The molecule has 0 fully saturated rings. The smallest absolute Gasteiger partial charge is 0.386 e. The summed E-state index contributed by atoms with van der Waals surface area (Å²) < 4.78 is 65.0. The summed E-state index contributed by atoms with van der Waals surface area (Å²) in [5, 5.41) is 6.68. The molecule has 150 valence electrons. The van der Waals surface area contributed by atoms with E-state index in [1.165, 1.54) is 25.2 Å². The third-order valence-electron chi connectivity index (χ3n) is 3.93. The van der Waals surface area contributed by atoms with Crippen LogP contribution < -0.4 is 10.0 Å². The monoisotopic (exact) mass is 478 g/mol. The van der Waals surface area contributed by atoms with E-state index in [-0.39, 0.29) is 10.7 Å². The molecular weight excluding hydrogens is 465 g/mol. The molecule has 0 spiro atoms. The third-order valence-corrected chi connectivity index (χ3v) is 5.78. The number of anilines is 2. The summed E-state index contributed by atoms with van der Waals surface area (Å²) in [6, 6.07) is 5.78. The van der Waals surface area contributed by atoms with Gasteiger partial charge in [0, 0.05) is 23.9 Å². The average molecular weight is 479 g/mol. The van der Waals surface area contributed by atoms with Crippen LogP contribution >= 0.6 is 15.9 Å². The van der Waals surface area contributed by atoms with Crippen LogP contribution in [0.5, 0.6) is 0 Å². The van der Waals surface area contributed by atoms with Crippen molar-refractivity contribution in [2.75, 3.05) is 12.4 Å². The molecule has 0 radical (unpaired) electrons. The fourth-order valence-electron chi connectivity index (χ4n) is 2.47. The number of aromatic nitrogens is 1. The van der Waals surface area contributed by atoms with Crippen molar-refractivity contribution in [3.05, 3.63) is 47.7 Å². The summed E-state index contributed by atoms with van der Waals surface area (Å²) in [6.07, 6.45) is -3.54. The number of hydrogen-bond acceptors (Lipinski definition) is 6. The second-order valence-corrected chi connectivity index (χ2v) is 8.58. The topological polar surface area (TPSA) is 92.7 Å². The maximum atomic E-state index is 12.7. The first kappa shape index (κ1) is 20.6. The van der Waals surface area contributed by atoms with Crippen molar-refractivity contribution in [3.63, 3.8) is 0 Å². The number of halogens is 4. The van der Waals surface area contributed by atoms with Crippen LogP contribution in [0.2, 0.25) is 0 Å². The number of rotatable bonds is 5. The minimum absolute atomic E-state index is 0.0745. The maximum absolute atomic E-state index is 12.7. The lowest BCUT2D eigenvalue weighted by Crippen LogP contribution is -2.19. The number of alkyl halides is 3. The van der Waals surface area contributed by atoms with E-state index in [1.54, 1.807) is 0 Å². The van der Waals surface area contributed by atoms with Gasteiger partial charge in [0.05, 0.1) is 5.56 Å². The molecular formula is C16H14BrF3N4O3S. The number of hydrogen-bond donors (Lipinski definition) is 2. The first-order valence-corrected chi connectivity index (χ1v) is 10.1. The number of sulfonamides is 1. The molecule has 0 saturated heterocycles. The van der Waals surface area contributed by atoms with Gasteiger partial charge in [0.2, 0.25) is 10.0 Å². The predicted octanol–water partition coefficient (Wildman–Crippen LogP) is 3.92. The largest absolute Gasteiger partial charge is 0.416 e. The van der Waals surface area contributed by atoms with Crippen LogP contribution in [0.15, 0.2) is 46.6 Å². The molecule has 2 heterocycles. The lowest BCUT2D eigenvalue weighted by molar-refractivity contribution is -0.137. The lowest BCUT2D eigenvalue weighted by atomic mass is 10.1. The van der Waals surface area contributed by atoms with E-state index in [1.807, 2.05) is 0 Å². The molecule has 1 aromatic carbocycles. The predicted molar refractivity (Wildman–Crippen MR) is 100 cm³/mol. The minimum Gasteiger partial charge on any atom is -0.386 e. The van der Waals surface area contributed by atoms with E-state index >= 15 is 0 Å². The molecule has 28 heavy (non-hydrogen) atoms. The molecule has 0 bridgehead atoms. The quantitative estimate of drug-likeness (QED) is 0.679. The Morgan fingerprint density at radius 3 is 2.46 bits per heavy atom. The molecule has 7 nitrogen and oxygen atoms in total. The third kappa shape index (κ3) is 4.45. The number of nitrogens with one attached hydrogen (secondary N) is 2. The van der Waals surface area contributed by atoms with E-state index in [4.69, 9.17) is 4.84 Å². The van der Waals surface area contributed by atoms with Crippen LogP contribution in [0.3, 0.4) is 0 Å². The van der Waals surface area contributed by atoms with Gasteiger partial charge in [-0.2, -0.15) is 13.2 Å². The average Bonchev–Trinajstić information content (AvgIpc) is 3.08. The fourth-order valence-corrected chi connectivity index (χ4v) is 3.56. The van der Waals surface area contributed by atoms with Gasteiger partial charge >= 0.3 is 6.18 Å². The van der Waals surface area contributed by atoms with Crippen molar-refractivity contribution in [1.82, 2.24) is 9.71 Å². The molecule has 0 unspecified atom stereocenters. The second-order valence-electron chi connectivity index (χ2n) is 5.78. The molecule has 2 N–H and O–H groups in total. The Kier molecular flexibility index (Phi) is 5.64. The number of benzene rings is 1. The molecule has 0 amide bonds. The molecule has 0 aliphatic carbocycles. The summed E-state index contributed by atoms with van der Waals surface area (Å²) in [4.78, 5) is 9.35. The number of nitrogens with zero attached hydrogens (tertiary/aromatic N) is 2. The van der Waals surface area contributed by atoms with Crippen molar-refractivity contribution >= 4 is 42.1 Å². The van der Waals surface area contributed by atoms with E-state index in [0.29, 0.717) is 22.3 Å². The molecule has 1 aliphatic heterocycles. The highest BCUT2D eigenvalue weighted by Crippen LogP contribution is 2.36. The second kappa shape index (κ2) is 7.68. The van der Waals surface area contributed by atoms with E-state index in [2.05, 4.69) is 36.1 Å². The zero-order valence-electron chi connectivity index (χ0n) is 14.3. The standard InChI is InChI=1S/C16H14BrF3N4O3S/c1-21-28(25,26)11-6-12(13-7-14(17)24-27-13)15(22-8-11)23-10-4-2-9(3-5-10)16(18,19)20/h2-6,8,13,21H,7H2,1H3,(H,22,23)/t13-/m0/s1. The van der Waals surface area contributed by atoms with E-state index in [0.717, 1.165) is 18.3 Å². The van der Waals surface area contributed by atoms with Gasteiger partial charge in [0.15, 0.2) is 6.10 Å². The van der Waals surface area contributed by atoms with Crippen molar-refractivity contribution < 1.29 is 26.4 Å². The number of oxime groups is 1. The Bertz CT molecular complexity index is 1010.